The monoisotopic (exact) mass is 435 g/mol. The van der Waals surface area contributed by atoms with Crippen molar-refractivity contribution in [1.82, 2.24) is 5.43 Å². The minimum absolute atomic E-state index is 0.00528. The minimum Gasteiger partial charge on any atom is -0.496 e. The quantitative estimate of drug-likeness (QED) is 0.350. The van der Waals surface area contributed by atoms with Crippen LogP contribution in [0.5, 0.6) is 5.75 Å². The lowest BCUT2D eigenvalue weighted by Gasteiger charge is -2.18. The molecule has 6 heteroatoms. The highest BCUT2D eigenvalue weighted by Crippen LogP contribution is 2.37. The Morgan fingerprint density at radius 2 is 1.73 bits per heavy atom. The molecule has 0 bridgehead atoms. The largest absolute Gasteiger partial charge is 0.496 e. The molecule has 1 aliphatic heterocycles. The Kier molecular flexibility index (Phi) is 5.32. The number of anilines is 1. The summed E-state index contributed by atoms with van der Waals surface area (Å²) in [5.41, 5.74) is 6.36. The number of nitrogens with one attached hydrogen (secondary N) is 1. The first-order valence-electron chi connectivity index (χ1n) is 10.5. The molecule has 0 fully saturated rings. The molecule has 0 spiro atoms. The van der Waals surface area contributed by atoms with Crippen molar-refractivity contribution in [3.8, 4) is 5.75 Å². The highest BCUT2D eigenvalue weighted by molar-refractivity contribution is 6.24. The molecule has 0 unspecified atom stereocenters. The van der Waals surface area contributed by atoms with Gasteiger partial charge in [-0.25, -0.2) is 5.43 Å². The number of amides is 2. The van der Waals surface area contributed by atoms with Crippen LogP contribution >= 0.6 is 0 Å². The molecule has 0 aliphatic carbocycles. The Morgan fingerprint density at radius 1 is 0.970 bits per heavy atom. The van der Waals surface area contributed by atoms with Crippen molar-refractivity contribution in [2.24, 2.45) is 5.10 Å². The standard InChI is InChI=1S/C27H21N3O3/c1-33-24-11-3-2-6-21(24)16-28-29-26(31)20-14-12-18(13-15-20)17-30-23-10-5-8-19-7-4-9-22(25(19)23)27(30)32/h2-16H,17H2,1H3,(H,29,31)/b28-16+. The van der Waals surface area contributed by atoms with Crippen LogP contribution in [0.15, 0.2) is 90.0 Å². The zero-order valence-corrected chi connectivity index (χ0v) is 18.0. The summed E-state index contributed by atoms with van der Waals surface area (Å²) in [5, 5.41) is 6.08. The average molecular weight is 435 g/mol. The predicted octanol–water partition coefficient (Wildman–Crippen LogP) is 4.77. The van der Waals surface area contributed by atoms with Crippen LogP contribution in [0.4, 0.5) is 5.69 Å². The van der Waals surface area contributed by atoms with E-state index >= 15 is 0 Å². The molecule has 6 nitrogen and oxygen atoms in total. The Morgan fingerprint density at radius 3 is 2.52 bits per heavy atom. The van der Waals surface area contributed by atoms with E-state index in [4.69, 9.17) is 4.74 Å². The van der Waals surface area contributed by atoms with Gasteiger partial charge in [-0.05, 0) is 47.3 Å². The smallest absolute Gasteiger partial charge is 0.271 e. The fraction of sp³-hybridized carbons (Fsp3) is 0.0741. The van der Waals surface area contributed by atoms with Gasteiger partial charge in [-0.1, -0.05) is 48.5 Å². The second kappa shape index (κ2) is 8.59. The first-order valence-corrected chi connectivity index (χ1v) is 10.5. The molecule has 162 valence electrons. The molecule has 0 saturated heterocycles. The van der Waals surface area contributed by atoms with E-state index in [1.54, 1.807) is 30.4 Å². The molecule has 0 atom stereocenters. The van der Waals surface area contributed by atoms with Gasteiger partial charge < -0.3 is 9.64 Å². The molecule has 1 N–H and O–H groups in total. The molecule has 4 aromatic rings. The number of hydrogen-bond donors (Lipinski definition) is 1. The van der Waals surface area contributed by atoms with Crippen LogP contribution in [0.25, 0.3) is 10.8 Å². The van der Waals surface area contributed by atoms with E-state index in [0.717, 1.165) is 33.2 Å². The molecule has 0 saturated carbocycles. The number of rotatable bonds is 6. The highest BCUT2D eigenvalue weighted by atomic mass is 16.5. The number of hydrazone groups is 1. The van der Waals surface area contributed by atoms with Gasteiger partial charge in [0.1, 0.15) is 5.75 Å². The van der Waals surface area contributed by atoms with Crippen molar-refractivity contribution in [2.45, 2.75) is 6.54 Å². The molecule has 4 aromatic carbocycles. The van der Waals surface area contributed by atoms with Gasteiger partial charge in [0.05, 0.1) is 25.6 Å². The average Bonchev–Trinajstić information content (AvgIpc) is 3.13. The first kappa shape index (κ1) is 20.5. The van der Waals surface area contributed by atoms with Gasteiger partial charge in [0.25, 0.3) is 11.8 Å². The van der Waals surface area contributed by atoms with Crippen LogP contribution in [0.3, 0.4) is 0 Å². The van der Waals surface area contributed by atoms with Crippen LogP contribution in [-0.4, -0.2) is 25.1 Å². The molecule has 2 amide bonds. The number of benzene rings is 4. The van der Waals surface area contributed by atoms with E-state index in [9.17, 15) is 9.59 Å². The Bertz CT molecular complexity index is 1390. The summed E-state index contributed by atoms with van der Waals surface area (Å²) in [6.07, 6.45) is 1.54. The fourth-order valence-electron chi connectivity index (χ4n) is 4.08. The zero-order chi connectivity index (χ0) is 22.8. The van der Waals surface area contributed by atoms with Crippen molar-refractivity contribution in [1.29, 1.82) is 0 Å². The molecule has 0 aromatic heterocycles. The third kappa shape index (κ3) is 3.83. The summed E-state index contributed by atoms with van der Waals surface area (Å²) in [5.74, 6) is 0.352. The van der Waals surface area contributed by atoms with E-state index in [0.29, 0.717) is 17.9 Å². The van der Waals surface area contributed by atoms with Crippen molar-refractivity contribution >= 4 is 34.5 Å². The molecule has 1 heterocycles. The predicted molar refractivity (Wildman–Crippen MR) is 129 cm³/mol. The van der Waals surface area contributed by atoms with Crippen molar-refractivity contribution in [2.75, 3.05) is 12.0 Å². The summed E-state index contributed by atoms with van der Waals surface area (Å²) in [4.78, 5) is 27.2. The van der Waals surface area contributed by atoms with Crippen molar-refractivity contribution in [3.05, 3.63) is 107 Å². The first-order chi connectivity index (χ1) is 16.2. The number of hydrogen-bond acceptors (Lipinski definition) is 4. The molecular formula is C27H21N3O3. The van der Waals surface area contributed by atoms with Gasteiger partial charge in [-0.3, -0.25) is 9.59 Å². The van der Waals surface area contributed by atoms with Crippen LogP contribution < -0.4 is 15.1 Å². The lowest BCUT2D eigenvalue weighted by molar-refractivity contribution is 0.0953. The zero-order valence-electron chi connectivity index (χ0n) is 18.0. The van der Waals surface area contributed by atoms with Crippen LogP contribution in [-0.2, 0) is 6.54 Å². The van der Waals surface area contributed by atoms with E-state index in [1.807, 2.05) is 72.8 Å². The maximum absolute atomic E-state index is 13.0. The fourth-order valence-corrected chi connectivity index (χ4v) is 4.08. The topological polar surface area (TPSA) is 71.0 Å². The summed E-state index contributed by atoms with van der Waals surface area (Å²) in [6, 6.07) is 26.3. The lowest BCUT2D eigenvalue weighted by atomic mass is 10.1. The van der Waals surface area contributed by atoms with E-state index in [2.05, 4.69) is 10.5 Å². The molecule has 33 heavy (non-hydrogen) atoms. The van der Waals surface area contributed by atoms with Crippen LogP contribution in [0, 0.1) is 0 Å². The Labute approximate surface area is 191 Å². The van der Waals surface area contributed by atoms with Crippen LogP contribution in [0.1, 0.15) is 31.8 Å². The SMILES string of the molecule is COc1ccccc1/C=N/NC(=O)c1ccc(CN2C(=O)c3cccc4cccc2c34)cc1. The molecule has 5 rings (SSSR count). The third-order valence-electron chi connectivity index (χ3n) is 5.71. The third-order valence-corrected chi connectivity index (χ3v) is 5.71. The van der Waals surface area contributed by atoms with Crippen LogP contribution in [0.2, 0.25) is 0 Å². The Hall–Kier alpha value is -4.45. The van der Waals surface area contributed by atoms with E-state index < -0.39 is 0 Å². The van der Waals surface area contributed by atoms with Gasteiger partial charge in [-0.2, -0.15) is 5.10 Å². The summed E-state index contributed by atoms with van der Waals surface area (Å²) < 4.78 is 5.27. The Balaban J connectivity index is 1.28. The lowest BCUT2D eigenvalue weighted by Crippen LogP contribution is -2.26. The second-order valence-corrected chi connectivity index (χ2v) is 7.71. The minimum atomic E-state index is -0.317. The van der Waals surface area contributed by atoms with Gasteiger partial charge in [0.2, 0.25) is 0 Å². The number of ether oxygens (including phenoxy) is 1. The number of carbonyl (C=O) groups excluding carboxylic acids is 2. The number of carbonyl (C=O) groups is 2. The van der Waals surface area contributed by atoms with Gasteiger partial charge >= 0.3 is 0 Å². The summed E-state index contributed by atoms with van der Waals surface area (Å²) in [6.45, 7) is 0.431. The number of nitrogens with zero attached hydrogens (tertiary/aromatic N) is 2. The van der Waals surface area contributed by atoms with Crippen molar-refractivity contribution < 1.29 is 14.3 Å². The van der Waals surface area contributed by atoms with E-state index in [-0.39, 0.29) is 11.8 Å². The number of methoxy groups -OCH3 is 1. The molecule has 1 aliphatic rings. The normalized spacial score (nSPS) is 12.5. The second-order valence-electron chi connectivity index (χ2n) is 7.71. The summed E-state index contributed by atoms with van der Waals surface area (Å²) >= 11 is 0. The van der Waals surface area contributed by atoms with Crippen molar-refractivity contribution in [3.63, 3.8) is 0 Å². The van der Waals surface area contributed by atoms with Gasteiger partial charge in [-0.15, -0.1) is 0 Å². The highest BCUT2D eigenvalue weighted by Gasteiger charge is 2.29. The van der Waals surface area contributed by atoms with Gasteiger partial charge in [0, 0.05) is 22.1 Å². The van der Waals surface area contributed by atoms with E-state index in [1.165, 1.54) is 0 Å². The molecule has 0 radical (unpaired) electrons. The summed E-state index contributed by atoms with van der Waals surface area (Å²) in [7, 11) is 1.58. The molecular weight excluding hydrogens is 414 g/mol. The maximum atomic E-state index is 13.0. The maximum Gasteiger partial charge on any atom is 0.271 e. The number of para-hydroxylation sites is 1. The van der Waals surface area contributed by atoms with Gasteiger partial charge in [0.15, 0.2) is 0 Å².